The number of hydrogen-bond donors (Lipinski definition) is 0. The van der Waals surface area contributed by atoms with E-state index in [1.165, 1.54) is 19.3 Å². The quantitative estimate of drug-likeness (QED) is 0.565. The molecule has 96 valence electrons. The van der Waals surface area contributed by atoms with Crippen LogP contribution in [0.1, 0.15) is 51.9 Å². The second-order valence-corrected chi connectivity index (χ2v) is 6.73. The van der Waals surface area contributed by atoms with E-state index in [-0.39, 0.29) is 5.41 Å². The summed E-state index contributed by atoms with van der Waals surface area (Å²) in [6.45, 7) is 1.99. The van der Waals surface area contributed by atoms with E-state index in [2.05, 4.69) is 11.1 Å². The molecule has 0 aromatic carbocycles. The summed E-state index contributed by atoms with van der Waals surface area (Å²) in [4.78, 5) is 14.8. The van der Waals surface area contributed by atoms with Gasteiger partial charge in [-0.25, -0.2) is 4.79 Å². The Hall–Kier alpha value is -1.13. The third kappa shape index (κ3) is 1.42. The normalized spacial score (nSPS) is 43.9. The second-order valence-electron chi connectivity index (χ2n) is 6.73. The molecule has 3 nitrogen and oxygen atoms in total. The predicted molar refractivity (Wildman–Crippen MR) is 67.4 cm³/mol. The van der Waals surface area contributed by atoms with Crippen LogP contribution in [0.4, 0.5) is 0 Å². The lowest BCUT2D eigenvalue weighted by Crippen LogP contribution is -2.56. The number of nitriles is 1. The third-order valence-electron chi connectivity index (χ3n) is 5.85. The van der Waals surface area contributed by atoms with Gasteiger partial charge in [-0.2, -0.15) is 10.3 Å². The third-order valence-corrected chi connectivity index (χ3v) is 5.85. The number of rotatable bonds is 3. The van der Waals surface area contributed by atoms with Crippen molar-refractivity contribution in [3.63, 3.8) is 0 Å². The van der Waals surface area contributed by atoms with Crippen molar-refractivity contribution in [2.45, 2.75) is 57.4 Å². The molecule has 0 aromatic heterocycles. The predicted octanol–water partition coefficient (Wildman–Crippen LogP) is 3.21. The van der Waals surface area contributed by atoms with Crippen molar-refractivity contribution in [2.24, 2.45) is 28.2 Å². The average Bonchev–Trinajstić information content (AvgIpc) is 2.34. The van der Waals surface area contributed by atoms with E-state index >= 15 is 0 Å². The molecule has 4 fully saturated rings. The minimum Gasteiger partial charge on any atom is -0.211 e. The van der Waals surface area contributed by atoms with Crippen LogP contribution < -0.4 is 0 Å². The van der Waals surface area contributed by atoms with Crippen LogP contribution in [0.3, 0.4) is 0 Å². The van der Waals surface area contributed by atoms with E-state index in [4.69, 9.17) is 0 Å². The maximum atomic E-state index is 10.8. The minimum atomic E-state index is -0.801. The van der Waals surface area contributed by atoms with Gasteiger partial charge in [0, 0.05) is 5.41 Å². The number of nitrogens with zero attached hydrogens (tertiary/aromatic N) is 2. The smallest absolute Gasteiger partial charge is 0.211 e. The molecule has 4 aliphatic carbocycles. The lowest BCUT2D eigenvalue weighted by molar-refractivity contribution is -0.0834. The van der Waals surface area contributed by atoms with Crippen LogP contribution in [-0.2, 0) is 4.79 Å². The molecule has 0 heterocycles. The summed E-state index contributed by atoms with van der Waals surface area (Å²) >= 11 is 0. The summed E-state index contributed by atoms with van der Waals surface area (Å²) in [6, 6.07) is 2.39. The molecule has 0 aliphatic heterocycles. The average molecular weight is 244 g/mol. The van der Waals surface area contributed by atoms with Gasteiger partial charge >= 0.3 is 0 Å². The van der Waals surface area contributed by atoms with Crippen molar-refractivity contribution < 1.29 is 4.79 Å². The summed E-state index contributed by atoms with van der Waals surface area (Å²) in [5, 5.41) is 9.65. The molecule has 3 heteroatoms. The van der Waals surface area contributed by atoms with Gasteiger partial charge in [-0.3, -0.25) is 0 Å². The first-order chi connectivity index (χ1) is 8.67. The van der Waals surface area contributed by atoms with Crippen molar-refractivity contribution in [3.05, 3.63) is 0 Å². The molecule has 0 saturated heterocycles. The molecule has 4 saturated carbocycles. The standard InChI is InChI=1S/C15H20N2O/c1-2-15(9-16,17-10-18)14-6-11-3-12(7-14)5-13(4-11)8-14/h11-13H,2-8H2,1H3. The van der Waals surface area contributed by atoms with Crippen LogP contribution in [0.25, 0.3) is 0 Å². The highest BCUT2D eigenvalue weighted by atomic mass is 16.1. The highest BCUT2D eigenvalue weighted by molar-refractivity contribution is 5.39. The lowest BCUT2D eigenvalue weighted by Gasteiger charge is -2.60. The van der Waals surface area contributed by atoms with Crippen molar-refractivity contribution in [3.8, 4) is 6.07 Å². The van der Waals surface area contributed by atoms with Gasteiger partial charge in [0.05, 0.1) is 6.07 Å². The maximum absolute atomic E-state index is 10.8. The molecule has 0 radical (unpaired) electrons. The lowest BCUT2D eigenvalue weighted by atomic mass is 9.44. The molecule has 1 unspecified atom stereocenters. The fourth-order valence-corrected chi connectivity index (χ4v) is 5.49. The van der Waals surface area contributed by atoms with Crippen molar-refractivity contribution in [1.29, 1.82) is 5.26 Å². The summed E-state index contributed by atoms with van der Waals surface area (Å²) in [6.07, 6.45) is 9.67. The van der Waals surface area contributed by atoms with Gasteiger partial charge in [0.15, 0.2) is 5.54 Å². The summed E-state index contributed by atoms with van der Waals surface area (Å²) < 4.78 is 0. The summed E-state index contributed by atoms with van der Waals surface area (Å²) in [5.74, 6) is 2.33. The van der Waals surface area contributed by atoms with Gasteiger partial charge < -0.3 is 0 Å². The van der Waals surface area contributed by atoms with E-state index < -0.39 is 5.54 Å². The maximum Gasteiger partial charge on any atom is 0.236 e. The van der Waals surface area contributed by atoms with Crippen LogP contribution in [0.15, 0.2) is 4.99 Å². The molecule has 4 rings (SSSR count). The van der Waals surface area contributed by atoms with E-state index in [0.29, 0.717) is 6.42 Å². The Morgan fingerprint density at radius 3 is 2.06 bits per heavy atom. The van der Waals surface area contributed by atoms with Gasteiger partial charge in [-0.05, 0) is 62.7 Å². The molecular formula is C15H20N2O. The molecule has 4 bridgehead atoms. The fraction of sp³-hybridized carbons (Fsp3) is 0.867. The zero-order chi connectivity index (χ0) is 12.8. The highest BCUT2D eigenvalue weighted by Crippen LogP contribution is 2.64. The number of carbonyl (C=O) groups excluding carboxylic acids is 1. The van der Waals surface area contributed by atoms with Crippen molar-refractivity contribution in [1.82, 2.24) is 0 Å². The van der Waals surface area contributed by atoms with E-state index in [0.717, 1.165) is 37.0 Å². The highest BCUT2D eigenvalue weighted by Gasteiger charge is 2.60. The van der Waals surface area contributed by atoms with Gasteiger partial charge in [-0.1, -0.05) is 6.92 Å². The van der Waals surface area contributed by atoms with Gasteiger partial charge in [-0.15, -0.1) is 0 Å². The first kappa shape index (κ1) is 11.9. The van der Waals surface area contributed by atoms with E-state index in [1.807, 2.05) is 6.92 Å². The fourth-order valence-electron chi connectivity index (χ4n) is 5.49. The molecule has 0 N–H and O–H groups in total. The summed E-state index contributed by atoms with van der Waals surface area (Å²) in [5.41, 5.74) is -0.826. The number of hydrogen-bond acceptors (Lipinski definition) is 3. The SMILES string of the molecule is CCC(C#N)(N=C=O)C12CC3CC(CC(C3)C1)C2. The molecule has 4 aliphatic rings. The van der Waals surface area contributed by atoms with Gasteiger partial charge in [0.25, 0.3) is 0 Å². The Bertz CT molecular complexity index is 409. The molecule has 18 heavy (non-hydrogen) atoms. The van der Waals surface area contributed by atoms with Crippen molar-refractivity contribution >= 4 is 6.08 Å². The van der Waals surface area contributed by atoms with Crippen LogP contribution in [0.2, 0.25) is 0 Å². The summed E-state index contributed by atoms with van der Waals surface area (Å²) in [7, 11) is 0. The molecule has 1 atom stereocenters. The first-order valence-electron chi connectivity index (χ1n) is 7.17. The Morgan fingerprint density at radius 2 is 1.72 bits per heavy atom. The Kier molecular flexibility index (Phi) is 2.61. The van der Waals surface area contributed by atoms with Crippen LogP contribution >= 0.6 is 0 Å². The molecular weight excluding hydrogens is 224 g/mol. The van der Waals surface area contributed by atoms with E-state index in [1.54, 1.807) is 6.08 Å². The van der Waals surface area contributed by atoms with Crippen LogP contribution in [-0.4, -0.2) is 11.6 Å². The van der Waals surface area contributed by atoms with Crippen molar-refractivity contribution in [2.75, 3.05) is 0 Å². The van der Waals surface area contributed by atoms with Gasteiger partial charge in [0.2, 0.25) is 6.08 Å². The Morgan fingerprint density at radius 1 is 1.22 bits per heavy atom. The monoisotopic (exact) mass is 244 g/mol. The minimum absolute atomic E-state index is 0.0251. The molecule has 0 spiro atoms. The Balaban J connectivity index is 2.04. The largest absolute Gasteiger partial charge is 0.236 e. The number of aliphatic imine (C=N–C) groups is 1. The zero-order valence-corrected chi connectivity index (χ0v) is 11.0. The molecule has 0 amide bonds. The number of isocyanates is 1. The van der Waals surface area contributed by atoms with Crippen LogP contribution in [0.5, 0.6) is 0 Å². The zero-order valence-electron chi connectivity index (χ0n) is 11.0. The topological polar surface area (TPSA) is 53.2 Å². The van der Waals surface area contributed by atoms with E-state index in [9.17, 15) is 10.1 Å². The Labute approximate surface area is 108 Å². The van der Waals surface area contributed by atoms with Gasteiger partial charge in [0.1, 0.15) is 0 Å². The first-order valence-corrected chi connectivity index (χ1v) is 7.17. The van der Waals surface area contributed by atoms with Crippen LogP contribution in [0, 0.1) is 34.5 Å². The molecule has 0 aromatic rings. The second kappa shape index (κ2) is 3.93.